The Morgan fingerprint density at radius 1 is 1.32 bits per heavy atom. The van der Waals surface area contributed by atoms with Gasteiger partial charge in [-0.3, -0.25) is 4.79 Å². The lowest BCUT2D eigenvalue weighted by atomic mass is 10.1. The largest absolute Gasteiger partial charge is 0.376 e. The molecule has 1 aliphatic heterocycles. The Bertz CT molecular complexity index is 713. The van der Waals surface area contributed by atoms with Crippen molar-refractivity contribution in [2.75, 3.05) is 6.61 Å². The normalized spacial score (nSPS) is 21.2. The van der Waals surface area contributed by atoms with Gasteiger partial charge in [-0.05, 0) is 41.7 Å². The van der Waals surface area contributed by atoms with Crippen LogP contribution in [0.5, 0.6) is 0 Å². The van der Waals surface area contributed by atoms with Crippen LogP contribution in [0, 0.1) is 0 Å². The molecule has 0 unspecified atom stereocenters. The quantitative estimate of drug-likeness (QED) is 0.761. The molecule has 2 fully saturated rings. The average Bonchev–Trinajstić information content (AvgIpc) is 3.11. The molecule has 0 bridgehead atoms. The van der Waals surface area contributed by atoms with Crippen molar-refractivity contribution in [3.05, 3.63) is 35.9 Å². The Labute approximate surface area is 150 Å². The Kier molecular flexibility index (Phi) is 4.98. The van der Waals surface area contributed by atoms with E-state index in [1.54, 1.807) is 4.68 Å². The van der Waals surface area contributed by atoms with Crippen LogP contribution in [0.1, 0.15) is 36.5 Å². The van der Waals surface area contributed by atoms with Crippen molar-refractivity contribution in [3.8, 4) is 0 Å². The summed E-state index contributed by atoms with van der Waals surface area (Å²) in [7, 11) is 0. The van der Waals surface area contributed by atoms with Gasteiger partial charge in [-0.2, -0.15) is 0 Å². The first-order valence-electron chi connectivity index (χ1n) is 8.69. The van der Waals surface area contributed by atoms with Crippen LogP contribution in [0.15, 0.2) is 35.5 Å². The SMILES string of the molecule is O=C(NC1CC1)[C@@H](Sc1nnnn1C[C@@H]1CCCO1)c1ccccc1. The van der Waals surface area contributed by atoms with Gasteiger partial charge in [0.05, 0.1) is 12.6 Å². The van der Waals surface area contributed by atoms with E-state index in [1.165, 1.54) is 11.8 Å². The summed E-state index contributed by atoms with van der Waals surface area (Å²) in [6.07, 6.45) is 4.38. The number of hydrogen-bond donors (Lipinski definition) is 1. The highest BCUT2D eigenvalue weighted by Crippen LogP contribution is 2.35. The van der Waals surface area contributed by atoms with E-state index in [9.17, 15) is 4.79 Å². The average molecular weight is 359 g/mol. The summed E-state index contributed by atoms with van der Waals surface area (Å²) < 4.78 is 7.43. The number of ether oxygens (including phenoxy) is 1. The summed E-state index contributed by atoms with van der Waals surface area (Å²) in [6, 6.07) is 10.1. The number of nitrogens with one attached hydrogen (secondary N) is 1. The third kappa shape index (κ3) is 4.19. The number of amides is 1. The lowest BCUT2D eigenvalue weighted by molar-refractivity contribution is -0.120. The number of thioether (sulfide) groups is 1. The first-order valence-corrected chi connectivity index (χ1v) is 9.57. The van der Waals surface area contributed by atoms with Crippen molar-refractivity contribution >= 4 is 17.7 Å². The fraction of sp³-hybridized carbons (Fsp3) is 0.529. The minimum Gasteiger partial charge on any atom is -0.376 e. The van der Waals surface area contributed by atoms with Crippen LogP contribution in [-0.4, -0.2) is 44.9 Å². The molecule has 1 aliphatic carbocycles. The van der Waals surface area contributed by atoms with E-state index < -0.39 is 0 Å². The van der Waals surface area contributed by atoms with E-state index in [0.29, 0.717) is 17.7 Å². The molecule has 1 aromatic heterocycles. The number of tetrazole rings is 1. The summed E-state index contributed by atoms with van der Waals surface area (Å²) in [6.45, 7) is 1.42. The number of carbonyl (C=O) groups is 1. The van der Waals surface area contributed by atoms with Crippen molar-refractivity contribution in [1.82, 2.24) is 25.5 Å². The fourth-order valence-electron chi connectivity index (χ4n) is 2.89. The monoisotopic (exact) mass is 359 g/mol. The Morgan fingerprint density at radius 3 is 2.88 bits per heavy atom. The van der Waals surface area contributed by atoms with Gasteiger partial charge in [0.2, 0.25) is 11.1 Å². The first kappa shape index (κ1) is 16.5. The lowest BCUT2D eigenvalue weighted by Gasteiger charge is -2.17. The van der Waals surface area contributed by atoms with Gasteiger partial charge in [-0.25, -0.2) is 4.68 Å². The Morgan fingerprint density at radius 2 is 2.16 bits per heavy atom. The van der Waals surface area contributed by atoms with Crippen molar-refractivity contribution < 1.29 is 9.53 Å². The van der Waals surface area contributed by atoms with Gasteiger partial charge in [0.15, 0.2) is 0 Å². The number of carbonyl (C=O) groups excluding carboxylic acids is 1. The Balaban J connectivity index is 1.52. The highest BCUT2D eigenvalue weighted by Gasteiger charge is 2.30. The predicted molar refractivity (Wildman–Crippen MR) is 93.0 cm³/mol. The van der Waals surface area contributed by atoms with Gasteiger partial charge in [-0.1, -0.05) is 42.1 Å². The number of aromatic nitrogens is 4. The minimum atomic E-state index is -0.365. The molecule has 2 heterocycles. The third-order valence-corrected chi connectivity index (χ3v) is 5.61. The zero-order chi connectivity index (χ0) is 17.1. The number of benzene rings is 1. The molecular formula is C17H21N5O2S. The fourth-order valence-corrected chi connectivity index (χ4v) is 3.88. The van der Waals surface area contributed by atoms with Crippen molar-refractivity contribution in [2.24, 2.45) is 0 Å². The minimum absolute atomic E-state index is 0.0189. The van der Waals surface area contributed by atoms with Crippen LogP contribution in [-0.2, 0) is 16.1 Å². The molecule has 7 nitrogen and oxygen atoms in total. The molecule has 2 aromatic rings. The molecule has 1 aromatic carbocycles. The molecule has 1 amide bonds. The summed E-state index contributed by atoms with van der Waals surface area (Å²) in [5.41, 5.74) is 0.956. The molecule has 8 heteroatoms. The molecule has 25 heavy (non-hydrogen) atoms. The number of rotatable bonds is 7. The Hall–Kier alpha value is -1.93. The van der Waals surface area contributed by atoms with Gasteiger partial charge < -0.3 is 10.1 Å². The van der Waals surface area contributed by atoms with Gasteiger partial charge >= 0.3 is 0 Å². The van der Waals surface area contributed by atoms with E-state index in [1.807, 2.05) is 30.3 Å². The van der Waals surface area contributed by atoms with Gasteiger partial charge in [-0.15, -0.1) is 5.10 Å². The van der Waals surface area contributed by atoms with Crippen molar-refractivity contribution in [1.29, 1.82) is 0 Å². The lowest BCUT2D eigenvalue weighted by Crippen LogP contribution is -2.30. The number of nitrogens with zero attached hydrogens (tertiary/aromatic N) is 4. The second-order valence-corrected chi connectivity index (χ2v) is 7.54. The maximum Gasteiger partial charge on any atom is 0.238 e. The molecule has 4 rings (SSSR count). The smallest absolute Gasteiger partial charge is 0.238 e. The van der Waals surface area contributed by atoms with Gasteiger partial charge in [0.25, 0.3) is 0 Å². The number of hydrogen-bond acceptors (Lipinski definition) is 6. The summed E-state index contributed by atoms with van der Waals surface area (Å²) in [4.78, 5) is 12.7. The van der Waals surface area contributed by atoms with Gasteiger partial charge in [0.1, 0.15) is 5.25 Å². The van der Waals surface area contributed by atoms with E-state index in [4.69, 9.17) is 4.74 Å². The van der Waals surface area contributed by atoms with Crippen LogP contribution in [0.2, 0.25) is 0 Å². The molecule has 1 saturated carbocycles. The van der Waals surface area contributed by atoms with E-state index in [2.05, 4.69) is 20.8 Å². The molecule has 0 spiro atoms. The van der Waals surface area contributed by atoms with Crippen molar-refractivity contribution in [2.45, 2.75) is 54.8 Å². The van der Waals surface area contributed by atoms with Crippen LogP contribution in [0.3, 0.4) is 0 Å². The van der Waals surface area contributed by atoms with Gasteiger partial charge in [0, 0.05) is 12.6 Å². The molecular weight excluding hydrogens is 338 g/mol. The summed E-state index contributed by atoms with van der Waals surface area (Å²) >= 11 is 1.40. The molecule has 1 saturated heterocycles. The molecule has 2 atom stereocenters. The summed E-state index contributed by atoms with van der Waals surface area (Å²) in [5.74, 6) is 0.0189. The van der Waals surface area contributed by atoms with Crippen LogP contribution >= 0.6 is 11.8 Å². The maximum atomic E-state index is 12.7. The topological polar surface area (TPSA) is 81.9 Å². The highest BCUT2D eigenvalue weighted by atomic mass is 32.2. The van der Waals surface area contributed by atoms with E-state index in [-0.39, 0.29) is 17.3 Å². The molecule has 1 N–H and O–H groups in total. The second-order valence-electron chi connectivity index (χ2n) is 6.47. The highest BCUT2D eigenvalue weighted by molar-refractivity contribution is 8.00. The zero-order valence-corrected chi connectivity index (χ0v) is 14.7. The predicted octanol–water partition coefficient (Wildman–Crippen LogP) is 1.96. The van der Waals surface area contributed by atoms with Crippen LogP contribution in [0.25, 0.3) is 0 Å². The molecule has 2 aliphatic rings. The standard InChI is InChI=1S/C17H21N5O2S/c23-16(18-13-8-9-13)15(12-5-2-1-3-6-12)25-17-19-20-21-22(17)11-14-7-4-10-24-14/h1-3,5-6,13-15H,4,7-11H2,(H,18,23)/t14-,15-/m0/s1. The molecule has 132 valence electrons. The first-order chi connectivity index (χ1) is 12.3. The molecule has 0 radical (unpaired) electrons. The second kappa shape index (κ2) is 7.53. The van der Waals surface area contributed by atoms with E-state index in [0.717, 1.165) is 37.9 Å². The van der Waals surface area contributed by atoms with Crippen LogP contribution in [0.4, 0.5) is 0 Å². The van der Waals surface area contributed by atoms with Crippen LogP contribution < -0.4 is 5.32 Å². The van der Waals surface area contributed by atoms with E-state index >= 15 is 0 Å². The zero-order valence-electron chi connectivity index (χ0n) is 13.9. The maximum absolute atomic E-state index is 12.7. The van der Waals surface area contributed by atoms with Crippen molar-refractivity contribution in [3.63, 3.8) is 0 Å². The summed E-state index contributed by atoms with van der Waals surface area (Å²) in [5, 5.41) is 15.4. The third-order valence-electron chi connectivity index (χ3n) is 4.39.